The molecule has 9 nitrogen and oxygen atoms in total. The highest BCUT2D eigenvalue weighted by atomic mass is 31.2. The lowest BCUT2D eigenvalue weighted by Crippen LogP contribution is -2.47. The van der Waals surface area contributed by atoms with Gasteiger partial charge in [-0.3, -0.25) is 18.6 Å². The maximum absolute atomic E-state index is 13.6. The Balaban J connectivity index is 5.13. The highest BCUT2D eigenvalue weighted by molar-refractivity contribution is 7.47. The number of carbonyl (C=O) groups excluding carboxylic acids is 2. The van der Waals surface area contributed by atoms with Gasteiger partial charge in [-0.1, -0.05) is 276 Å². The van der Waals surface area contributed by atoms with E-state index in [1.165, 1.54) is 244 Å². The van der Waals surface area contributed by atoms with Crippen LogP contribution in [0.3, 0.4) is 0 Å². The number of rotatable bonds is 62. The van der Waals surface area contributed by atoms with Crippen LogP contribution in [0.15, 0.2) is 36.5 Å². The van der Waals surface area contributed by atoms with Crippen molar-refractivity contribution >= 4 is 19.7 Å². The highest BCUT2D eigenvalue weighted by Crippen LogP contribution is 2.43. The molecule has 0 heterocycles. The summed E-state index contributed by atoms with van der Waals surface area (Å²) in [5.41, 5.74) is 0. The quantitative estimate of drug-likeness (QED) is 0.0205. The van der Waals surface area contributed by atoms with E-state index in [0.29, 0.717) is 23.9 Å². The van der Waals surface area contributed by atoms with Crippen LogP contribution < -0.4 is 5.32 Å². The number of amides is 1. The molecule has 0 aromatic rings. The molecule has 10 heteroatoms. The van der Waals surface area contributed by atoms with Crippen molar-refractivity contribution in [2.75, 3.05) is 40.9 Å². The Morgan fingerprint density at radius 1 is 0.436 bits per heavy atom. The Labute approximate surface area is 485 Å². The summed E-state index contributed by atoms with van der Waals surface area (Å²) in [6.07, 6.45) is 71.4. The number of ether oxygens (including phenoxy) is 1. The van der Waals surface area contributed by atoms with E-state index in [0.717, 1.165) is 57.8 Å². The van der Waals surface area contributed by atoms with E-state index in [4.69, 9.17) is 13.8 Å². The number of quaternary nitrogens is 1. The molecular formula is C68H132N2O7P+. The van der Waals surface area contributed by atoms with Crippen LogP contribution in [0.1, 0.15) is 335 Å². The molecule has 0 aliphatic carbocycles. The van der Waals surface area contributed by atoms with Crippen molar-refractivity contribution < 1.29 is 37.3 Å². The van der Waals surface area contributed by atoms with Crippen molar-refractivity contribution in [1.82, 2.24) is 5.32 Å². The largest absolute Gasteiger partial charge is 0.472 e. The molecule has 0 rings (SSSR count). The number of phosphoric ester groups is 1. The first-order valence-electron chi connectivity index (χ1n) is 33.8. The third kappa shape index (κ3) is 58.9. The van der Waals surface area contributed by atoms with Crippen LogP contribution in [0.4, 0.5) is 0 Å². The first-order chi connectivity index (χ1) is 37.9. The average molecular weight is 1120 g/mol. The van der Waals surface area contributed by atoms with E-state index >= 15 is 0 Å². The first-order valence-corrected chi connectivity index (χ1v) is 35.3. The molecule has 0 spiro atoms. The molecule has 0 aliphatic rings. The van der Waals surface area contributed by atoms with Gasteiger partial charge in [-0.25, -0.2) is 4.57 Å². The van der Waals surface area contributed by atoms with Crippen LogP contribution in [0.25, 0.3) is 0 Å². The van der Waals surface area contributed by atoms with Crippen LogP contribution in [-0.4, -0.2) is 74.3 Å². The molecule has 3 atom stereocenters. The van der Waals surface area contributed by atoms with E-state index in [1.54, 1.807) is 0 Å². The summed E-state index contributed by atoms with van der Waals surface area (Å²) in [5, 5.41) is 3.07. The molecule has 2 N–H and O–H groups in total. The molecule has 0 radical (unpaired) electrons. The Morgan fingerprint density at radius 3 is 1.09 bits per heavy atom. The van der Waals surface area contributed by atoms with Crippen LogP contribution in [0.5, 0.6) is 0 Å². The van der Waals surface area contributed by atoms with Gasteiger partial charge >= 0.3 is 13.8 Å². The summed E-state index contributed by atoms with van der Waals surface area (Å²) in [4.78, 5) is 37.8. The number of phosphoric acid groups is 1. The number of carbonyl (C=O) groups is 2. The first kappa shape index (κ1) is 76.2. The summed E-state index contributed by atoms with van der Waals surface area (Å²) < 4.78 is 30.8. The SMILES string of the molecule is CCCCCCCC/C=C/CCCCCCCCCCCCCC(=O)NC(COP(=O)(O)OCC[N+](C)(C)C)C(/C=C/CCCCCCCCCCCC)OC(=O)CCCCCCCCCCC/C=C/CCCCCCCC. The normalized spacial score (nSPS) is 13.8. The van der Waals surface area contributed by atoms with Crippen LogP contribution in [-0.2, 0) is 27.9 Å². The smallest absolute Gasteiger partial charge is 0.456 e. The van der Waals surface area contributed by atoms with Crippen molar-refractivity contribution in [3.63, 3.8) is 0 Å². The van der Waals surface area contributed by atoms with Gasteiger partial charge in [0.2, 0.25) is 5.91 Å². The second-order valence-corrected chi connectivity index (χ2v) is 25.8. The number of hydrogen-bond donors (Lipinski definition) is 2. The molecule has 3 unspecified atom stereocenters. The van der Waals surface area contributed by atoms with Crippen LogP contribution >= 0.6 is 7.82 Å². The van der Waals surface area contributed by atoms with Crippen molar-refractivity contribution in [2.45, 2.75) is 348 Å². The maximum Gasteiger partial charge on any atom is 0.472 e. The Morgan fingerprint density at radius 2 is 0.744 bits per heavy atom. The standard InChI is InChI=1S/C68H131N2O7P/c1-7-10-13-16-19-22-25-28-30-32-34-35-37-38-40-42-45-48-51-54-57-60-67(71)69-65(64-76-78(73,74)75-63-62-70(4,5)6)66(59-56-53-50-47-44-27-24-21-18-15-12-9-3)77-68(72)61-58-55-52-49-46-43-41-39-36-33-31-29-26-23-20-17-14-11-8-2/h28-31,56,59,65-66H,7-27,32-55,57-58,60-64H2,1-6H3,(H-,69,71,73,74)/p+1/b30-28+,31-29+,59-56+. The minimum Gasteiger partial charge on any atom is -0.456 e. The zero-order valence-electron chi connectivity index (χ0n) is 52.7. The van der Waals surface area contributed by atoms with E-state index in [9.17, 15) is 19.0 Å². The van der Waals surface area contributed by atoms with Crippen molar-refractivity contribution in [2.24, 2.45) is 0 Å². The predicted octanol–water partition coefficient (Wildman–Crippen LogP) is 21.1. The van der Waals surface area contributed by atoms with Gasteiger partial charge in [0.1, 0.15) is 19.3 Å². The third-order valence-corrected chi connectivity index (χ3v) is 16.3. The summed E-state index contributed by atoms with van der Waals surface area (Å²) >= 11 is 0. The second kappa shape index (κ2) is 58.4. The van der Waals surface area contributed by atoms with Gasteiger partial charge in [0, 0.05) is 12.8 Å². The van der Waals surface area contributed by atoms with Gasteiger partial charge in [-0.05, 0) is 83.1 Å². The highest BCUT2D eigenvalue weighted by Gasteiger charge is 2.30. The number of esters is 1. The van der Waals surface area contributed by atoms with Gasteiger partial charge in [0.25, 0.3) is 0 Å². The molecule has 0 aromatic heterocycles. The fraction of sp³-hybridized carbons (Fsp3) is 0.882. The summed E-state index contributed by atoms with van der Waals surface area (Å²) in [5.74, 6) is -0.493. The minimum atomic E-state index is -4.45. The maximum atomic E-state index is 13.6. The molecule has 0 bridgehead atoms. The minimum absolute atomic E-state index is 0.0419. The molecule has 0 fully saturated rings. The number of unbranched alkanes of at least 4 members (excludes halogenated alkanes) is 42. The van der Waals surface area contributed by atoms with E-state index in [2.05, 4.69) is 50.4 Å². The Hall–Kier alpha value is -1.77. The Bertz CT molecular complexity index is 1430. The monoisotopic (exact) mass is 1120 g/mol. The van der Waals surface area contributed by atoms with Crippen molar-refractivity contribution in [3.8, 4) is 0 Å². The lowest BCUT2D eigenvalue weighted by atomic mass is 10.0. The molecule has 1 amide bonds. The molecule has 0 aromatic carbocycles. The molecular weight excluding hydrogens is 988 g/mol. The molecule has 460 valence electrons. The topological polar surface area (TPSA) is 111 Å². The number of hydrogen-bond acceptors (Lipinski definition) is 6. The molecule has 0 saturated carbocycles. The predicted molar refractivity (Wildman–Crippen MR) is 337 cm³/mol. The van der Waals surface area contributed by atoms with Crippen LogP contribution in [0, 0.1) is 0 Å². The summed E-state index contributed by atoms with van der Waals surface area (Å²) in [6, 6.07) is -0.847. The van der Waals surface area contributed by atoms with Gasteiger partial charge in [0.15, 0.2) is 0 Å². The van der Waals surface area contributed by atoms with E-state index < -0.39 is 20.0 Å². The second-order valence-electron chi connectivity index (χ2n) is 24.3. The molecule has 78 heavy (non-hydrogen) atoms. The zero-order valence-corrected chi connectivity index (χ0v) is 53.6. The number of nitrogens with zero attached hydrogens (tertiary/aromatic N) is 1. The third-order valence-electron chi connectivity index (χ3n) is 15.3. The van der Waals surface area contributed by atoms with Crippen LogP contribution in [0.2, 0.25) is 0 Å². The Kier molecular flexibility index (Phi) is 57.1. The fourth-order valence-corrected chi connectivity index (χ4v) is 10.8. The number of likely N-dealkylation sites (N-methyl/N-ethyl adjacent to an activating group) is 1. The fourth-order valence-electron chi connectivity index (χ4n) is 10.0. The van der Waals surface area contributed by atoms with Crippen molar-refractivity contribution in [1.29, 1.82) is 0 Å². The lowest BCUT2D eigenvalue weighted by molar-refractivity contribution is -0.870. The van der Waals surface area contributed by atoms with Gasteiger partial charge < -0.3 is 19.4 Å². The van der Waals surface area contributed by atoms with Gasteiger partial charge in [-0.15, -0.1) is 0 Å². The number of nitrogens with one attached hydrogen (secondary N) is 1. The van der Waals surface area contributed by atoms with E-state index in [-0.39, 0.29) is 25.1 Å². The average Bonchev–Trinajstić information content (AvgIpc) is 3.40. The summed E-state index contributed by atoms with van der Waals surface area (Å²) in [6.45, 7) is 7.05. The molecule has 0 saturated heterocycles. The van der Waals surface area contributed by atoms with Gasteiger partial charge in [-0.2, -0.15) is 0 Å². The molecule has 0 aliphatic heterocycles. The van der Waals surface area contributed by atoms with Crippen molar-refractivity contribution in [3.05, 3.63) is 36.5 Å². The number of allylic oxidation sites excluding steroid dienone is 5. The summed E-state index contributed by atoms with van der Waals surface area (Å²) in [7, 11) is 1.51. The van der Waals surface area contributed by atoms with E-state index in [1.807, 2.05) is 33.3 Å². The lowest BCUT2D eigenvalue weighted by Gasteiger charge is -2.27. The zero-order chi connectivity index (χ0) is 57.2. The van der Waals surface area contributed by atoms with Gasteiger partial charge in [0.05, 0.1) is 33.8 Å².